The van der Waals surface area contributed by atoms with Crippen LogP contribution in [-0.2, 0) is 0 Å². The van der Waals surface area contributed by atoms with Crippen LogP contribution in [-0.4, -0.2) is 0 Å². The van der Waals surface area contributed by atoms with Gasteiger partial charge >= 0.3 is 0 Å². The fraction of sp³-hybridized carbons (Fsp3) is 0.154. The van der Waals surface area contributed by atoms with Gasteiger partial charge in [0.05, 0.1) is 4.91 Å². The monoisotopic (exact) mass is 200 g/mol. The summed E-state index contributed by atoms with van der Waals surface area (Å²) in [6.07, 6.45) is 4.15. The Morgan fingerprint density at radius 2 is 2.07 bits per heavy atom. The summed E-state index contributed by atoms with van der Waals surface area (Å²) in [5, 5.41) is 0. The summed E-state index contributed by atoms with van der Waals surface area (Å²) in [5.41, 5.74) is 5.92. The maximum Gasteiger partial charge on any atom is 0.0540 e. The zero-order valence-corrected chi connectivity index (χ0v) is 9.19. The first-order chi connectivity index (χ1) is 6.81. The second-order valence-corrected chi connectivity index (χ2v) is 4.30. The summed E-state index contributed by atoms with van der Waals surface area (Å²) >= 11 is 1.78. The number of allylic oxidation sites excluding steroid dienone is 2. The average Bonchev–Trinajstić information content (AvgIpc) is 2.18. The Kier molecular flexibility index (Phi) is 2.62. The van der Waals surface area contributed by atoms with Crippen LogP contribution in [0.2, 0.25) is 0 Å². The van der Waals surface area contributed by atoms with Crippen molar-refractivity contribution in [3.8, 4) is 0 Å². The molecular formula is C13H12S. The first-order valence-electron chi connectivity index (χ1n) is 4.68. The van der Waals surface area contributed by atoms with Crippen molar-refractivity contribution in [2.75, 3.05) is 0 Å². The van der Waals surface area contributed by atoms with E-state index in [2.05, 4.69) is 49.1 Å². The molecule has 0 saturated heterocycles. The molecule has 0 radical (unpaired) electrons. The number of thioether (sulfide) groups is 1. The van der Waals surface area contributed by atoms with E-state index in [4.69, 9.17) is 0 Å². The van der Waals surface area contributed by atoms with Crippen molar-refractivity contribution < 1.29 is 0 Å². The molecule has 0 unspecified atom stereocenters. The third kappa shape index (κ3) is 1.70. The van der Waals surface area contributed by atoms with E-state index in [1.165, 1.54) is 20.9 Å². The molecule has 0 amide bonds. The van der Waals surface area contributed by atoms with E-state index in [9.17, 15) is 0 Å². The lowest BCUT2D eigenvalue weighted by molar-refractivity contribution is 1.38. The predicted molar refractivity (Wildman–Crippen MR) is 63.2 cm³/mol. The van der Waals surface area contributed by atoms with Crippen LogP contribution in [0.5, 0.6) is 0 Å². The molecule has 0 aromatic heterocycles. The minimum absolute atomic E-state index is 1.20. The Balaban J connectivity index is 2.54. The van der Waals surface area contributed by atoms with E-state index in [-0.39, 0.29) is 0 Å². The van der Waals surface area contributed by atoms with Gasteiger partial charge in [-0.25, -0.2) is 0 Å². The number of fused-ring (bicyclic) bond motifs is 1. The molecule has 0 N–H and O–H groups in total. The topological polar surface area (TPSA) is 0 Å². The van der Waals surface area contributed by atoms with Gasteiger partial charge in [0, 0.05) is 10.5 Å². The summed E-state index contributed by atoms with van der Waals surface area (Å²) in [6.45, 7) is 4.15. The third-order valence-corrected chi connectivity index (χ3v) is 3.17. The summed E-state index contributed by atoms with van der Waals surface area (Å²) in [4.78, 5) is 2.53. The van der Waals surface area contributed by atoms with Crippen molar-refractivity contribution in [1.29, 1.82) is 0 Å². The molecule has 1 aliphatic heterocycles. The van der Waals surface area contributed by atoms with Crippen LogP contribution in [0.15, 0.2) is 51.9 Å². The highest BCUT2D eigenvalue weighted by Crippen LogP contribution is 2.37. The molecule has 0 fully saturated rings. The summed E-state index contributed by atoms with van der Waals surface area (Å²) in [5.74, 6) is 0. The van der Waals surface area contributed by atoms with E-state index >= 15 is 0 Å². The minimum atomic E-state index is 1.20. The quantitative estimate of drug-likeness (QED) is 0.610. The Morgan fingerprint density at radius 1 is 1.29 bits per heavy atom. The van der Waals surface area contributed by atoms with Gasteiger partial charge in [-0.1, -0.05) is 36.0 Å². The molecule has 0 saturated carbocycles. The van der Waals surface area contributed by atoms with Crippen molar-refractivity contribution in [3.63, 3.8) is 0 Å². The Labute approximate surface area is 89.0 Å². The molecule has 14 heavy (non-hydrogen) atoms. The molecule has 1 aromatic carbocycles. The molecule has 0 nitrogen and oxygen atoms in total. The van der Waals surface area contributed by atoms with Crippen LogP contribution >= 0.6 is 11.8 Å². The largest absolute Gasteiger partial charge is 0.102 e. The van der Waals surface area contributed by atoms with Crippen molar-refractivity contribution in [2.24, 2.45) is 0 Å². The summed E-state index contributed by atoms with van der Waals surface area (Å²) < 4.78 is 0. The van der Waals surface area contributed by atoms with Crippen LogP contribution in [0.1, 0.15) is 19.4 Å². The van der Waals surface area contributed by atoms with Crippen molar-refractivity contribution in [2.45, 2.75) is 18.7 Å². The fourth-order valence-corrected chi connectivity index (χ4v) is 2.61. The molecule has 70 valence electrons. The van der Waals surface area contributed by atoms with Gasteiger partial charge in [-0.2, -0.15) is 0 Å². The Bertz CT molecular complexity index is 446. The zero-order chi connectivity index (χ0) is 9.97. The smallest absolute Gasteiger partial charge is 0.0540 e. The molecule has 1 aliphatic rings. The standard InChI is InChI=1S/C13H12S/c1-3-6-11-9-10(2)12-7-4-5-8-13(12)14-11/h3-8H,1-2H3/b6-3-. The minimum Gasteiger partial charge on any atom is -0.102 e. The maximum atomic E-state index is 3.38. The van der Waals surface area contributed by atoms with Crippen LogP contribution in [0, 0.1) is 0 Å². The van der Waals surface area contributed by atoms with Crippen molar-refractivity contribution in [3.05, 3.63) is 52.6 Å². The second-order valence-electron chi connectivity index (χ2n) is 3.21. The van der Waals surface area contributed by atoms with E-state index < -0.39 is 0 Å². The molecule has 1 heterocycles. The first-order valence-corrected chi connectivity index (χ1v) is 5.50. The number of hydrogen-bond donors (Lipinski definition) is 0. The van der Waals surface area contributed by atoms with Crippen molar-refractivity contribution >= 4 is 17.3 Å². The third-order valence-electron chi connectivity index (χ3n) is 2.14. The van der Waals surface area contributed by atoms with E-state index in [0.717, 1.165) is 0 Å². The molecule has 1 heteroatoms. The molecule has 0 spiro atoms. The fourth-order valence-electron chi connectivity index (χ4n) is 1.49. The molecule has 2 rings (SSSR count). The van der Waals surface area contributed by atoms with Crippen LogP contribution in [0.4, 0.5) is 0 Å². The molecule has 1 aromatic rings. The van der Waals surface area contributed by atoms with Crippen LogP contribution in [0.3, 0.4) is 0 Å². The lowest BCUT2D eigenvalue weighted by Crippen LogP contribution is -1.88. The summed E-state index contributed by atoms with van der Waals surface area (Å²) in [7, 11) is 0. The highest BCUT2D eigenvalue weighted by Gasteiger charge is 2.09. The molecule has 0 bridgehead atoms. The van der Waals surface area contributed by atoms with E-state index in [1.54, 1.807) is 11.8 Å². The average molecular weight is 200 g/mol. The molecular weight excluding hydrogens is 188 g/mol. The van der Waals surface area contributed by atoms with Crippen LogP contribution in [0.25, 0.3) is 5.57 Å². The normalized spacial score (nSPS) is 15.0. The SMILES string of the molecule is C/C=C\C1=C=C(C)c2ccccc2S1. The van der Waals surface area contributed by atoms with Gasteiger partial charge in [0.25, 0.3) is 0 Å². The molecule has 0 aliphatic carbocycles. The predicted octanol–water partition coefficient (Wildman–Crippen LogP) is 4.25. The maximum absolute atomic E-state index is 3.38. The van der Waals surface area contributed by atoms with Gasteiger partial charge < -0.3 is 0 Å². The summed E-state index contributed by atoms with van der Waals surface area (Å²) in [6, 6.07) is 8.47. The van der Waals surface area contributed by atoms with Crippen molar-refractivity contribution in [1.82, 2.24) is 0 Å². The van der Waals surface area contributed by atoms with Gasteiger partial charge in [0.15, 0.2) is 0 Å². The van der Waals surface area contributed by atoms with Gasteiger partial charge in [-0.15, -0.1) is 5.73 Å². The highest BCUT2D eigenvalue weighted by molar-refractivity contribution is 8.03. The van der Waals surface area contributed by atoms with Gasteiger partial charge in [-0.05, 0) is 31.6 Å². The van der Waals surface area contributed by atoms with E-state index in [0.29, 0.717) is 0 Å². The number of hydrogen-bond acceptors (Lipinski definition) is 1. The van der Waals surface area contributed by atoms with E-state index in [1.807, 2.05) is 6.92 Å². The Morgan fingerprint density at radius 3 is 2.86 bits per heavy atom. The zero-order valence-electron chi connectivity index (χ0n) is 8.37. The number of benzene rings is 1. The first kappa shape index (κ1) is 9.39. The molecule has 0 atom stereocenters. The lowest BCUT2D eigenvalue weighted by atomic mass is 10.1. The van der Waals surface area contributed by atoms with Gasteiger partial charge in [0.2, 0.25) is 0 Å². The lowest BCUT2D eigenvalue weighted by Gasteiger charge is -2.12. The van der Waals surface area contributed by atoms with Gasteiger partial charge in [-0.3, -0.25) is 0 Å². The van der Waals surface area contributed by atoms with Gasteiger partial charge in [0.1, 0.15) is 0 Å². The Hall–Kier alpha value is -1.17. The highest BCUT2D eigenvalue weighted by atomic mass is 32.2. The second kappa shape index (κ2) is 3.91. The van der Waals surface area contributed by atoms with Crippen LogP contribution < -0.4 is 0 Å². The number of rotatable bonds is 1.